The Morgan fingerprint density at radius 3 is 1.93 bits per heavy atom. The fourth-order valence-corrected chi connectivity index (χ4v) is 3.92. The highest BCUT2D eigenvalue weighted by Gasteiger charge is 2.24. The Morgan fingerprint density at radius 2 is 1.39 bits per heavy atom. The van der Waals surface area contributed by atoms with Crippen LogP contribution < -0.4 is 5.32 Å². The largest absolute Gasteiger partial charge is 0.466 e. The summed E-state index contributed by atoms with van der Waals surface area (Å²) in [6.07, 6.45) is 10.7. The average Bonchev–Trinajstić information content (AvgIpc) is 2.62. The van der Waals surface area contributed by atoms with Crippen LogP contribution in [-0.2, 0) is 19.1 Å². The summed E-state index contributed by atoms with van der Waals surface area (Å²) in [5, 5.41) is 3.23. The molecular weight excluding hydrogens is 373 g/mol. The van der Waals surface area contributed by atoms with E-state index >= 15 is 0 Å². The monoisotopic (exact) mass is 418 g/mol. The summed E-state index contributed by atoms with van der Waals surface area (Å²) in [6, 6.07) is -0.604. The van der Waals surface area contributed by atoms with E-state index in [2.05, 4.69) is 39.2 Å². The van der Waals surface area contributed by atoms with Crippen LogP contribution in [0.4, 0.5) is 0 Å². The minimum Gasteiger partial charge on any atom is -0.466 e. The molecular formula is C22H45NO4P+. The van der Waals surface area contributed by atoms with Gasteiger partial charge in [-0.15, -0.1) is 0 Å². The van der Waals surface area contributed by atoms with Crippen LogP contribution in [0.15, 0.2) is 0 Å². The Kier molecular flexibility index (Phi) is 16.8. The molecule has 6 heteroatoms. The van der Waals surface area contributed by atoms with Crippen molar-refractivity contribution < 1.29 is 19.1 Å². The summed E-state index contributed by atoms with van der Waals surface area (Å²) in [6.45, 7) is 12.8. The highest BCUT2D eigenvalue weighted by atomic mass is 31.2. The van der Waals surface area contributed by atoms with Gasteiger partial charge in [0.15, 0.2) is 0 Å². The highest BCUT2D eigenvalue weighted by molar-refractivity contribution is 7.73. The molecule has 1 N–H and O–H groups in total. The molecule has 0 aromatic carbocycles. The van der Waals surface area contributed by atoms with Gasteiger partial charge in [-0.1, -0.05) is 52.4 Å². The second-order valence-electron chi connectivity index (χ2n) is 8.59. The van der Waals surface area contributed by atoms with Gasteiger partial charge in [-0.3, -0.25) is 9.59 Å². The van der Waals surface area contributed by atoms with E-state index in [-0.39, 0.29) is 18.4 Å². The van der Waals surface area contributed by atoms with Gasteiger partial charge < -0.3 is 14.8 Å². The van der Waals surface area contributed by atoms with Crippen molar-refractivity contribution in [2.24, 2.45) is 0 Å². The minimum atomic E-state index is -0.827. The van der Waals surface area contributed by atoms with E-state index < -0.39 is 13.3 Å². The molecule has 0 saturated heterocycles. The number of hydrogen-bond acceptors (Lipinski definition) is 5. The number of carbonyl (C=O) groups is 2. The maximum atomic E-state index is 12.4. The molecule has 0 aliphatic heterocycles. The van der Waals surface area contributed by atoms with Crippen molar-refractivity contribution in [2.75, 3.05) is 45.9 Å². The van der Waals surface area contributed by atoms with Crippen molar-refractivity contribution >= 4 is 19.2 Å². The molecule has 0 spiro atoms. The van der Waals surface area contributed by atoms with E-state index in [1.165, 1.54) is 6.16 Å². The van der Waals surface area contributed by atoms with Crippen molar-refractivity contribution in [1.29, 1.82) is 0 Å². The number of carbonyl (C=O) groups excluding carboxylic acids is 2. The van der Waals surface area contributed by atoms with E-state index in [1.807, 2.05) is 0 Å². The zero-order chi connectivity index (χ0) is 21.3. The van der Waals surface area contributed by atoms with Gasteiger partial charge in [-0.25, -0.2) is 0 Å². The Morgan fingerprint density at radius 1 is 0.821 bits per heavy atom. The summed E-state index contributed by atoms with van der Waals surface area (Å²) in [7, 11) is -0.827. The number of unbranched alkanes of at least 4 members (excludes halogenated alkanes) is 6. The first-order valence-electron chi connectivity index (χ1n) is 11.2. The third kappa shape index (κ3) is 17.4. The molecule has 1 unspecified atom stereocenters. The number of hydrogen-bond donors (Lipinski definition) is 1. The van der Waals surface area contributed by atoms with Crippen molar-refractivity contribution in [3.05, 3.63) is 0 Å². The third-order valence-corrected chi connectivity index (χ3v) is 6.21. The Balaban J connectivity index is 4.36. The van der Waals surface area contributed by atoms with Crippen LogP contribution in [0.3, 0.4) is 0 Å². The maximum Gasteiger partial charge on any atom is 0.323 e. The molecule has 0 bridgehead atoms. The van der Waals surface area contributed by atoms with E-state index in [4.69, 9.17) is 9.47 Å². The second-order valence-corrected chi connectivity index (χ2v) is 13.6. The van der Waals surface area contributed by atoms with Gasteiger partial charge >= 0.3 is 11.9 Å². The fourth-order valence-electron chi connectivity index (χ4n) is 2.81. The number of rotatable bonds is 18. The first-order chi connectivity index (χ1) is 13.3. The predicted molar refractivity (Wildman–Crippen MR) is 121 cm³/mol. The molecule has 0 saturated carbocycles. The number of ether oxygens (including phenoxy) is 2. The molecule has 5 nitrogen and oxygen atoms in total. The SMILES string of the molecule is CCCCCCOC(=O)CC(NCCC[P+](C)(C)C)C(=O)OCCCCCC. The lowest BCUT2D eigenvalue weighted by molar-refractivity contribution is -0.153. The van der Waals surface area contributed by atoms with Crippen LogP contribution in [0, 0.1) is 0 Å². The molecule has 0 radical (unpaired) electrons. The summed E-state index contributed by atoms with van der Waals surface area (Å²) in [5.41, 5.74) is 0. The maximum absolute atomic E-state index is 12.4. The molecule has 0 heterocycles. The Hall–Kier alpha value is -0.670. The fraction of sp³-hybridized carbons (Fsp3) is 0.909. The first kappa shape index (κ1) is 27.3. The van der Waals surface area contributed by atoms with Crippen LogP contribution in [0.2, 0.25) is 0 Å². The van der Waals surface area contributed by atoms with Crippen LogP contribution >= 0.6 is 7.26 Å². The highest BCUT2D eigenvalue weighted by Crippen LogP contribution is 2.46. The van der Waals surface area contributed by atoms with Crippen LogP contribution in [0.5, 0.6) is 0 Å². The molecule has 0 aliphatic rings. The minimum absolute atomic E-state index is 0.0478. The van der Waals surface area contributed by atoms with E-state index in [0.717, 1.165) is 64.3 Å². The summed E-state index contributed by atoms with van der Waals surface area (Å²) >= 11 is 0. The van der Waals surface area contributed by atoms with Gasteiger partial charge in [-0.05, 0) is 25.8 Å². The van der Waals surface area contributed by atoms with Gasteiger partial charge in [0, 0.05) is 27.3 Å². The van der Waals surface area contributed by atoms with Crippen LogP contribution in [-0.4, -0.2) is 63.9 Å². The van der Waals surface area contributed by atoms with E-state index in [9.17, 15) is 9.59 Å². The number of esters is 2. The van der Waals surface area contributed by atoms with Gasteiger partial charge in [-0.2, -0.15) is 0 Å². The lowest BCUT2D eigenvalue weighted by Crippen LogP contribution is -2.41. The second kappa shape index (κ2) is 17.2. The molecule has 0 aromatic heterocycles. The number of nitrogens with one attached hydrogen (secondary N) is 1. The summed E-state index contributed by atoms with van der Waals surface area (Å²) in [5.74, 6) is -0.648. The van der Waals surface area contributed by atoms with Gasteiger partial charge in [0.2, 0.25) is 0 Å². The molecule has 1 atom stereocenters. The van der Waals surface area contributed by atoms with Crippen molar-refractivity contribution in [3.63, 3.8) is 0 Å². The zero-order valence-electron chi connectivity index (χ0n) is 19.1. The zero-order valence-corrected chi connectivity index (χ0v) is 20.0. The molecule has 0 amide bonds. The van der Waals surface area contributed by atoms with Gasteiger partial charge in [0.05, 0.1) is 25.8 Å². The average molecular weight is 419 g/mol. The van der Waals surface area contributed by atoms with E-state index in [0.29, 0.717) is 13.2 Å². The lowest BCUT2D eigenvalue weighted by Gasteiger charge is -2.18. The Bertz CT molecular complexity index is 410. The van der Waals surface area contributed by atoms with Gasteiger partial charge in [0.1, 0.15) is 6.04 Å². The van der Waals surface area contributed by atoms with Crippen molar-refractivity contribution in [2.45, 2.75) is 84.1 Å². The Labute approximate surface area is 174 Å². The van der Waals surface area contributed by atoms with Crippen molar-refractivity contribution in [3.8, 4) is 0 Å². The normalized spacial score (nSPS) is 12.6. The summed E-state index contributed by atoms with van der Waals surface area (Å²) < 4.78 is 10.7. The third-order valence-electron chi connectivity index (χ3n) is 4.55. The molecule has 28 heavy (non-hydrogen) atoms. The lowest BCUT2D eigenvalue weighted by atomic mass is 10.2. The smallest absolute Gasteiger partial charge is 0.323 e. The topological polar surface area (TPSA) is 64.6 Å². The molecule has 0 aromatic rings. The van der Waals surface area contributed by atoms with Crippen LogP contribution in [0.1, 0.15) is 78.1 Å². The first-order valence-corrected chi connectivity index (χ1v) is 14.5. The van der Waals surface area contributed by atoms with Gasteiger partial charge in [0.25, 0.3) is 0 Å². The van der Waals surface area contributed by atoms with Crippen LogP contribution in [0.25, 0.3) is 0 Å². The molecule has 166 valence electrons. The predicted octanol–water partition coefficient (Wildman–Crippen LogP) is 4.88. The molecule has 0 aliphatic carbocycles. The standard InChI is InChI=1S/C22H45NO4P/c1-6-8-10-12-16-26-21(24)19-20(23-15-14-18-28(3,4)5)22(25)27-17-13-11-9-7-2/h20,23H,6-19H2,1-5H3/q+1. The summed E-state index contributed by atoms with van der Waals surface area (Å²) in [4.78, 5) is 24.6. The quantitative estimate of drug-likeness (QED) is 0.195. The van der Waals surface area contributed by atoms with Crippen molar-refractivity contribution in [1.82, 2.24) is 5.32 Å². The molecule has 0 rings (SSSR count). The van der Waals surface area contributed by atoms with E-state index in [1.54, 1.807) is 0 Å². The molecule has 0 fully saturated rings.